The fourth-order valence-electron chi connectivity index (χ4n) is 1.92. The summed E-state index contributed by atoms with van der Waals surface area (Å²) in [6.45, 7) is 1.69. The zero-order chi connectivity index (χ0) is 17.0. The fourth-order valence-corrected chi connectivity index (χ4v) is 1.92. The van der Waals surface area contributed by atoms with Crippen LogP contribution >= 0.6 is 0 Å². The molecule has 0 spiro atoms. The van der Waals surface area contributed by atoms with E-state index in [1.807, 2.05) is 0 Å². The molecule has 1 amide bonds. The Morgan fingerprint density at radius 3 is 2.22 bits per heavy atom. The topological polar surface area (TPSA) is 128 Å². The molecule has 0 saturated carbocycles. The summed E-state index contributed by atoms with van der Waals surface area (Å²) in [6.07, 6.45) is 1.57. The number of nitrogens with zero attached hydrogens (tertiary/aromatic N) is 3. The minimum atomic E-state index is -0.786. The van der Waals surface area contributed by atoms with E-state index < -0.39 is 33.2 Å². The number of rotatable bonds is 5. The van der Waals surface area contributed by atoms with Crippen molar-refractivity contribution in [3.63, 3.8) is 0 Å². The molecule has 23 heavy (non-hydrogen) atoms. The maximum Gasteiger partial charge on any atom is 0.277 e. The van der Waals surface area contributed by atoms with Crippen molar-refractivity contribution in [3.05, 3.63) is 74.1 Å². The summed E-state index contributed by atoms with van der Waals surface area (Å²) in [5.41, 5.74) is -0.598. The van der Waals surface area contributed by atoms with Gasteiger partial charge in [0.2, 0.25) is 0 Å². The van der Waals surface area contributed by atoms with Gasteiger partial charge in [0.25, 0.3) is 17.3 Å². The SMILES string of the molecule is CC(NC(=O)c1cc([N+](=O)[O-])cc([N+](=O)[O-])c1)c1ccccn1. The molecule has 0 saturated heterocycles. The number of aromatic nitrogens is 1. The van der Waals surface area contributed by atoms with Gasteiger partial charge in [-0.15, -0.1) is 0 Å². The zero-order valence-electron chi connectivity index (χ0n) is 12.0. The van der Waals surface area contributed by atoms with Crippen molar-refractivity contribution in [3.8, 4) is 0 Å². The Balaban J connectivity index is 2.28. The van der Waals surface area contributed by atoms with Crippen LogP contribution in [0.25, 0.3) is 0 Å². The van der Waals surface area contributed by atoms with E-state index in [1.54, 1.807) is 31.3 Å². The number of hydrogen-bond donors (Lipinski definition) is 1. The van der Waals surface area contributed by atoms with E-state index >= 15 is 0 Å². The van der Waals surface area contributed by atoms with Crippen LogP contribution < -0.4 is 5.32 Å². The van der Waals surface area contributed by atoms with Gasteiger partial charge in [-0.3, -0.25) is 30.0 Å². The molecule has 9 nitrogen and oxygen atoms in total. The summed E-state index contributed by atoms with van der Waals surface area (Å²) >= 11 is 0. The molecule has 0 aliphatic heterocycles. The Labute approximate surface area is 130 Å². The number of nitro groups is 2. The summed E-state index contributed by atoms with van der Waals surface area (Å²) in [6, 6.07) is 7.52. The van der Waals surface area contributed by atoms with Crippen molar-refractivity contribution in [1.29, 1.82) is 0 Å². The molecular weight excluding hydrogens is 304 g/mol. The predicted molar refractivity (Wildman–Crippen MR) is 79.9 cm³/mol. The zero-order valence-corrected chi connectivity index (χ0v) is 12.0. The normalized spacial score (nSPS) is 11.5. The van der Waals surface area contributed by atoms with Gasteiger partial charge in [-0.1, -0.05) is 6.07 Å². The van der Waals surface area contributed by atoms with Crippen LogP contribution in [0.4, 0.5) is 11.4 Å². The highest BCUT2D eigenvalue weighted by atomic mass is 16.6. The average molecular weight is 316 g/mol. The minimum Gasteiger partial charge on any atom is -0.344 e. The van der Waals surface area contributed by atoms with Gasteiger partial charge < -0.3 is 5.32 Å². The molecule has 0 bridgehead atoms. The first kappa shape index (κ1) is 16.0. The fraction of sp³-hybridized carbons (Fsp3) is 0.143. The number of hydrogen-bond acceptors (Lipinski definition) is 6. The van der Waals surface area contributed by atoms with Crippen LogP contribution in [0.5, 0.6) is 0 Å². The molecule has 2 rings (SSSR count). The Kier molecular flexibility index (Phi) is 4.60. The van der Waals surface area contributed by atoms with E-state index in [2.05, 4.69) is 10.3 Å². The molecule has 0 fully saturated rings. The van der Waals surface area contributed by atoms with E-state index in [0.717, 1.165) is 18.2 Å². The van der Waals surface area contributed by atoms with Crippen LogP contribution in [0.2, 0.25) is 0 Å². The third-order valence-corrected chi connectivity index (χ3v) is 3.07. The maximum absolute atomic E-state index is 12.2. The molecule has 0 radical (unpaired) electrons. The van der Waals surface area contributed by atoms with E-state index in [0.29, 0.717) is 5.69 Å². The largest absolute Gasteiger partial charge is 0.344 e. The van der Waals surface area contributed by atoms with Crippen molar-refractivity contribution < 1.29 is 14.6 Å². The van der Waals surface area contributed by atoms with E-state index in [-0.39, 0.29) is 5.56 Å². The van der Waals surface area contributed by atoms with Crippen molar-refractivity contribution in [2.24, 2.45) is 0 Å². The number of nitrogens with one attached hydrogen (secondary N) is 1. The summed E-state index contributed by atoms with van der Waals surface area (Å²) < 4.78 is 0. The predicted octanol–water partition coefficient (Wildman–Crippen LogP) is 2.39. The minimum absolute atomic E-state index is 0.159. The highest BCUT2D eigenvalue weighted by Crippen LogP contribution is 2.23. The van der Waals surface area contributed by atoms with Crippen molar-refractivity contribution in [1.82, 2.24) is 10.3 Å². The second-order valence-electron chi connectivity index (χ2n) is 4.70. The molecule has 1 unspecified atom stereocenters. The molecule has 118 valence electrons. The van der Waals surface area contributed by atoms with Crippen molar-refractivity contribution in [2.75, 3.05) is 0 Å². The van der Waals surface area contributed by atoms with Gasteiger partial charge in [0, 0.05) is 18.3 Å². The summed E-state index contributed by atoms with van der Waals surface area (Å²) in [5, 5.41) is 24.3. The first-order chi connectivity index (χ1) is 10.9. The second kappa shape index (κ2) is 6.60. The smallest absolute Gasteiger partial charge is 0.277 e. The Morgan fingerprint density at radius 1 is 1.13 bits per heavy atom. The van der Waals surface area contributed by atoms with Gasteiger partial charge in [-0.05, 0) is 19.1 Å². The van der Waals surface area contributed by atoms with Crippen molar-refractivity contribution in [2.45, 2.75) is 13.0 Å². The molecule has 9 heteroatoms. The number of pyridine rings is 1. The highest BCUT2D eigenvalue weighted by Gasteiger charge is 2.21. The Morgan fingerprint density at radius 2 is 1.74 bits per heavy atom. The monoisotopic (exact) mass is 316 g/mol. The van der Waals surface area contributed by atoms with Gasteiger partial charge in [-0.25, -0.2) is 0 Å². The quantitative estimate of drug-likeness (QED) is 0.666. The third-order valence-electron chi connectivity index (χ3n) is 3.07. The van der Waals surface area contributed by atoms with Gasteiger partial charge in [-0.2, -0.15) is 0 Å². The lowest BCUT2D eigenvalue weighted by atomic mass is 10.1. The number of benzene rings is 1. The maximum atomic E-state index is 12.2. The van der Waals surface area contributed by atoms with Gasteiger partial charge in [0.1, 0.15) is 0 Å². The standard InChI is InChI=1S/C14H12N4O5/c1-9(13-4-2-3-5-15-13)16-14(19)10-6-11(17(20)21)8-12(7-10)18(22)23/h2-9H,1H3,(H,16,19). The van der Waals surface area contributed by atoms with E-state index in [4.69, 9.17) is 0 Å². The van der Waals surface area contributed by atoms with Crippen LogP contribution in [0.3, 0.4) is 0 Å². The molecule has 1 aromatic carbocycles. The van der Waals surface area contributed by atoms with Crippen LogP contribution in [-0.2, 0) is 0 Å². The summed E-state index contributed by atoms with van der Waals surface area (Å²) in [5.74, 6) is -0.657. The van der Waals surface area contributed by atoms with Gasteiger partial charge >= 0.3 is 0 Å². The molecule has 1 atom stereocenters. The van der Waals surface area contributed by atoms with Crippen LogP contribution in [0, 0.1) is 20.2 Å². The average Bonchev–Trinajstić information content (AvgIpc) is 2.55. The Bertz CT molecular complexity index is 731. The number of amides is 1. The van der Waals surface area contributed by atoms with E-state index in [9.17, 15) is 25.0 Å². The molecular formula is C14H12N4O5. The summed E-state index contributed by atoms with van der Waals surface area (Å²) in [4.78, 5) is 36.4. The van der Waals surface area contributed by atoms with Crippen molar-refractivity contribution >= 4 is 17.3 Å². The lowest BCUT2D eigenvalue weighted by molar-refractivity contribution is -0.394. The van der Waals surface area contributed by atoms with Gasteiger partial charge in [0.05, 0.1) is 33.2 Å². The lowest BCUT2D eigenvalue weighted by Gasteiger charge is -2.13. The van der Waals surface area contributed by atoms with Crippen LogP contribution in [-0.4, -0.2) is 20.7 Å². The second-order valence-corrected chi connectivity index (χ2v) is 4.70. The Hall–Kier alpha value is -3.36. The van der Waals surface area contributed by atoms with Gasteiger partial charge in [0.15, 0.2) is 0 Å². The molecule has 1 aromatic heterocycles. The van der Waals surface area contributed by atoms with Crippen LogP contribution in [0.1, 0.15) is 29.0 Å². The number of carbonyl (C=O) groups is 1. The number of carbonyl (C=O) groups excluding carboxylic acids is 1. The first-order valence-electron chi connectivity index (χ1n) is 6.54. The molecule has 0 aliphatic rings. The molecule has 1 N–H and O–H groups in total. The summed E-state index contributed by atoms with van der Waals surface area (Å²) in [7, 11) is 0. The molecule has 1 heterocycles. The van der Waals surface area contributed by atoms with E-state index in [1.165, 1.54) is 0 Å². The van der Waals surface area contributed by atoms with Crippen LogP contribution in [0.15, 0.2) is 42.6 Å². The third kappa shape index (κ3) is 3.84. The first-order valence-corrected chi connectivity index (χ1v) is 6.54. The highest BCUT2D eigenvalue weighted by molar-refractivity contribution is 5.95. The molecule has 2 aromatic rings. The lowest BCUT2D eigenvalue weighted by Crippen LogP contribution is -2.27. The molecule has 0 aliphatic carbocycles. The number of nitro benzene ring substituents is 2. The number of non-ortho nitro benzene ring substituents is 2.